The lowest BCUT2D eigenvalue weighted by Crippen LogP contribution is -2.39. The van der Waals surface area contributed by atoms with Gasteiger partial charge in [-0.05, 0) is 92.8 Å². The Kier molecular flexibility index (Phi) is 13.3. The lowest BCUT2D eigenvalue weighted by Gasteiger charge is -2.46. The standard InChI is InChI=1S/C32H60O2/c1-4-7-11-25-13-15-27(16-14-25)24-34-30-18-20-32(29(6-3)23-30)31-19-17-26(22-28(31)5-2)12-9-8-10-21-33/h25-33H,4-24H2,1-3H3. The number of ether oxygens (including phenoxy) is 1. The van der Waals surface area contributed by atoms with Crippen LogP contribution in [0.4, 0.5) is 0 Å². The first-order valence-corrected chi connectivity index (χ1v) is 15.9. The summed E-state index contributed by atoms with van der Waals surface area (Å²) in [6.07, 6.45) is 26.7. The van der Waals surface area contributed by atoms with Gasteiger partial charge in [-0.1, -0.05) is 91.4 Å². The number of hydrogen-bond acceptors (Lipinski definition) is 2. The van der Waals surface area contributed by atoms with Crippen molar-refractivity contribution in [1.82, 2.24) is 0 Å². The average Bonchev–Trinajstić information content (AvgIpc) is 2.89. The van der Waals surface area contributed by atoms with Crippen LogP contribution in [0, 0.1) is 41.4 Å². The highest BCUT2D eigenvalue weighted by Gasteiger charge is 2.40. The molecular formula is C32H60O2. The van der Waals surface area contributed by atoms with E-state index in [4.69, 9.17) is 9.84 Å². The molecule has 0 saturated heterocycles. The van der Waals surface area contributed by atoms with Crippen molar-refractivity contribution < 1.29 is 9.84 Å². The van der Waals surface area contributed by atoms with Crippen LogP contribution in [-0.4, -0.2) is 24.4 Å². The van der Waals surface area contributed by atoms with Gasteiger partial charge in [0.15, 0.2) is 0 Å². The minimum Gasteiger partial charge on any atom is -0.396 e. The van der Waals surface area contributed by atoms with E-state index in [0.717, 1.165) is 54.5 Å². The third kappa shape index (κ3) is 8.79. The Morgan fingerprint density at radius 2 is 1.24 bits per heavy atom. The van der Waals surface area contributed by atoms with Crippen molar-refractivity contribution in [3.8, 4) is 0 Å². The lowest BCUT2D eigenvalue weighted by atomic mass is 9.60. The molecule has 0 aromatic heterocycles. The molecule has 0 amide bonds. The highest BCUT2D eigenvalue weighted by Crippen LogP contribution is 2.49. The molecule has 34 heavy (non-hydrogen) atoms. The molecular weight excluding hydrogens is 416 g/mol. The molecule has 2 nitrogen and oxygen atoms in total. The second-order valence-corrected chi connectivity index (χ2v) is 12.7. The fourth-order valence-corrected chi connectivity index (χ4v) is 8.28. The summed E-state index contributed by atoms with van der Waals surface area (Å²) >= 11 is 0. The molecule has 3 aliphatic rings. The summed E-state index contributed by atoms with van der Waals surface area (Å²) < 4.78 is 6.62. The van der Waals surface area contributed by atoms with Gasteiger partial charge in [0.05, 0.1) is 6.10 Å². The minimum absolute atomic E-state index is 0.370. The van der Waals surface area contributed by atoms with E-state index in [1.165, 1.54) is 116 Å². The van der Waals surface area contributed by atoms with Gasteiger partial charge >= 0.3 is 0 Å². The summed E-state index contributed by atoms with van der Waals surface area (Å²) in [5.74, 6) is 6.59. The monoisotopic (exact) mass is 476 g/mol. The van der Waals surface area contributed by atoms with Gasteiger partial charge < -0.3 is 9.84 Å². The van der Waals surface area contributed by atoms with Crippen LogP contribution >= 0.6 is 0 Å². The Morgan fingerprint density at radius 3 is 1.91 bits per heavy atom. The quantitative estimate of drug-likeness (QED) is 0.253. The molecule has 0 radical (unpaired) electrons. The molecule has 0 aromatic carbocycles. The Morgan fingerprint density at radius 1 is 0.618 bits per heavy atom. The van der Waals surface area contributed by atoms with Crippen molar-refractivity contribution in [1.29, 1.82) is 0 Å². The maximum Gasteiger partial charge on any atom is 0.0578 e. The Hall–Kier alpha value is -0.0800. The molecule has 6 atom stereocenters. The van der Waals surface area contributed by atoms with E-state index in [1.54, 1.807) is 0 Å². The normalized spacial score (nSPS) is 37.1. The Bertz CT molecular complexity index is 511. The van der Waals surface area contributed by atoms with E-state index in [-0.39, 0.29) is 0 Å². The summed E-state index contributed by atoms with van der Waals surface area (Å²) in [7, 11) is 0. The topological polar surface area (TPSA) is 29.5 Å². The second-order valence-electron chi connectivity index (χ2n) is 12.7. The Balaban J connectivity index is 1.40. The first-order chi connectivity index (χ1) is 16.7. The largest absolute Gasteiger partial charge is 0.396 e. The molecule has 3 aliphatic carbocycles. The van der Waals surface area contributed by atoms with Crippen LogP contribution in [0.1, 0.15) is 143 Å². The maximum atomic E-state index is 9.06. The zero-order valence-electron chi connectivity index (χ0n) is 23.3. The van der Waals surface area contributed by atoms with Crippen molar-refractivity contribution in [3.63, 3.8) is 0 Å². The predicted molar refractivity (Wildman–Crippen MR) is 146 cm³/mol. The summed E-state index contributed by atoms with van der Waals surface area (Å²) in [6.45, 7) is 8.65. The summed E-state index contributed by atoms with van der Waals surface area (Å²) in [5.41, 5.74) is 0. The summed E-state index contributed by atoms with van der Waals surface area (Å²) in [6, 6.07) is 0. The van der Waals surface area contributed by atoms with Crippen LogP contribution in [0.3, 0.4) is 0 Å². The smallest absolute Gasteiger partial charge is 0.0578 e. The van der Waals surface area contributed by atoms with Crippen molar-refractivity contribution in [2.75, 3.05) is 13.2 Å². The van der Waals surface area contributed by atoms with Crippen LogP contribution in [0.5, 0.6) is 0 Å². The molecule has 6 unspecified atom stereocenters. The fourth-order valence-electron chi connectivity index (χ4n) is 8.28. The first kappa shape index (κ1) is 28.5. The number of aliphatic hydroxyl groups is 1. The predicted octanol–water partition coefficient (Wildman–Crippen LogP) is 9.19. The Labute approximate surface area is 213 Å². The van der Waals surface area contributed by atoms with Crippen LogP contribution in [0.2, 0.25) is 0 Å². The summed E-state index contributed by atoms with van der Waals surface area (Å²) in [4.78, 5) is 0. The van der Waals surface area contributed by atoms with E-state index in [9.17, 15) is 0 Å². The fraction of sp³-hybridized carbons (Fsp3) is 1.00. The third-order valence-electron chi connectivity index (χ3n) is 10.5. The number of hydrogen-bond donors (Lipinski definition) is 1. The van der Waals surface area contributed by atoms with Gasteiger partial charge in [0.1, 0.15) is 0 Å². The van der Waals surface area contributed by atoms with E-state index in [2.05, 4.69) is 20.8 Å². The number of unbranched alkanes of at least 4 members (excludes halogenated alkanes) is 3. The zero-order valence-corrected chi connectivity index (χ0v) is 23.3. The first-order valence-electron chi connectivity index (χ1n) is 15.9. The maximum absolute atomic E-state index is 9.06. The van der Waals surface area contributed by atoms with Crippen LogP contribution in [0.15, 0.2) is 0 Å². The van der Waals surface area contributed by atoms with Gasteiger partial charge in [0.25, 0.3) is 0 Å². The average molecular weight is 477 g/mol. The van der Waals surface area contributed by atoms with Crippen LogP contribution in [-0.2, 0) is 4.74 Å². The van der Waals surface area contributed by atoms with Crippen molar-refractivity contribution in [2.45, 2.75) is 149 Å². The van der Waals surface area contributed by atoms with E-state index < -0.39 is 0 Å². The van der Waals surface area contributed by atoms with E-state index >= 15 is 0 Å². The highest BCUT2D eigenvalue weighted by molar-refractivity contribution is 4.90. The molecule has 0 spiro atoms. The van der Waals surface area contributed by atoms with Crippen molar-refractivity contribution in [3.05, 3.63) is 0 Å². The molecule has 0 bridgehead atoms. The molecule has 0 aliphatic heterocycles. The van der Waals surface area contributed by atoms with Gasteiger partial charge in [-0.3, -0.25) is 0 Å². The van der Waals surface area contributed by atoms with Gasteiger partial charge in [-0.2, -0.15) is 0 Å². The highest BCUT2D eigenvalue weighted by atomic mass is 16.5. The molecule has 3 rings (SSSR count). The van der Waals surface area contributed by atoms with Crippen molar-refractivity contribution >= 4 is 0 Å². The van der Waals surface area contributed by atoms with Gasteiger partial charge in [-0.15, -0.1) is 0 Å². The van der Waals surface area contributed by atoms with Gasteiger partial charge in [-0.25, -0.2) is 0 Å². The molecule has 3 saturated carbocycles. The van der Waals surface area contributed by atoms with Gasteiger partial charge in [0.2, 0.25) is 0 Å². The molecule has 2 heteroatoms. The van der Waals surface area contributed by atoms with E-state index in [1.807, 2.05) is 0 Å². The number of aliphatic hydroxyl groups excluding tert-OH is 1. The van der Waals surface area contributed by atoms with Crippen LogP contribution in [0.25, 0.3) is 0 Å². The molecule has 0 aromatic rings. The van der Waals surface area contributed by atoms with Crippen molar-refractivity contribution in [2.24, 2.45) is 41.4 Å². The molecule has 1 N–H and O–H groups in total. The molecule has 200 valence electrons. The third-order valence-corrected chi connectivity index (χ3v) is 10.5. The summed E-state index contributed by atoms with van der Waals surface area (Å²) in [5, 5.41) is 9.06. The second kappa shape index (κ2) is 15.9. The molecule has 0 heterocycles. The minimum atomic E-state index is 0.370. The SMILES string of the molecule is CCCCC1CCC(COC2CCC(C3CCC(CCCCCO)CC3CC)C(CC)C2)CC1. The molecule has 3 fully saturated rings. The zero-order chi connectivity index (χ0) is 24.2. The lowest BCUT2D eigenvalue weighted by molar-refractivity contribution is -0.0460. The van der Waals surface area contributed by atoms with Crippen LogP contribution < -0.4 is 0 Å². The number of rotatable bonds is 14. The van der Waals surface area contributed by atoms with E-state index in [0.29, 0.717) is 12.7 Å². The van der Waals surface area contributed by atoms with Gasteiger partial charge in [0, 0.05) is 13.2 Å².